The minimum absolute atomic E-state index is 0.0833. The van der Waals surface area contributed by atoms with Crippen molar-refractivity contribution in [3.8, 4) is 0 Å². The minimum atomic E-state index is -0.446. The zero-order valence-electron chi connectivity index (χ0n) is 13.7. The van der Waals surface area contributed by atoms with Crippen LogP contribution in [0.15, 0.2) is 0 Å². The summed E-state index contributed by atoms with van der Waals surface area (Å²) in [5.74, 6) is 0.316. The fraction of sp³-hybridized carbons (Fsp3) is 0.938. The van der Waals surface area contributed by atoms with Crippen LogP contribution in [-0.2, 0) is 9.53 Å². The highest BCUT2D eigenvalue weighted by molar-refractivity contribution is 5.81. The van der Waals surface area contributed by atoms with Gasteiger partial charge in [0.1, 0.15) is 5.54 Å². The number of methoxy groups -OCH3 is 1. The molecule has 0 saturated heterocycles. The van der Waals surface area contributed by atoms with E-state index in [-0.39, 0.29) is 5.97 Å². The Morgan fingerprint density at radius 1 is 1.30 bits per heavy atom. The van der Waals surface area contributed by atoms with Crippen LogP contribution in [0.1, 0.15) is 52.4 Å². The third-order valence-corrected chi connectivity index (χ3v) is 4.69. The topological polar surface area (TPSA) is 41.6 Å². The van der Waals surface area contributed by atoms with Crippen molar-refractivity contribution in [3.05, 3.63) is 0 Å². The highest BCUT2D eigenvalue weighted by Crippen LogP contribution is 2.38. The van der Waals surface area contributed by atoms with Gasteiger partial charge >= 0.3 is 5.97 Å². The van der Waals surface area contributed by atoms with E-state index >= 15 is 0 Å². The van der Waals surface area contributed by atoms with E-state index in [0.29, 0.717) is 5.92 Å². The highest BCUT2D eigenvalue weighted by Gasteiger charge is 2.48. The van der Waals surface area contributed by atoms with Gasteiger partial charge in [0.05, 0.1) is 7.11 Å². The lowest BCUT2D eigenvalue weighted by molar-refractivity contribution is -0.150. The number of rotatable bonds is 9. The van der Waals surface area contributed by atoms with E-state index in [4.69, 9.17) is 4.74 Å². The molecule has 0 aromatic carbocycles. The van der Waals surface area contributed by atoms with Crippen molar-refractivity contribution in [2.75, 3.05) is 33.8 Å². The average molecular weight is 284 g/mol. The number of hydrogen-bond donors (Lipinski definition) is 1. The van der Waals surface area contributed by atoms with Crippen molar-refractivity contribution in [2.45, 2.75) is 57.9 Å². The predicted molar refractivity (Wildman–Crippen MR) is 82.8 cm³/mol. The molecule has 1 N–H and O–H groups in total. The van der Waals surface area contributed by atoms with E-state index < -0.39 is 5.54 Å². The summed E-state index contributed by atoms with van der Waals surface area (Å²) < 4.78 is 5.05. The molecule has 0 radical (unpaired) electrons. The van der Waals surface area contributed by atoms with Gasteiger partial charge in [-0.1, -0.05) is 20.3 Å². The zero-order valence-corrected chi connectivity index (χ0v) is 13.7. The maximum Gasteiger partial charge on any atom is 0.326 e. The summed E-state index contributed by atoms with van der Waals surface area (Å²) in [5.41, 5.74) is -0.446. The molecule has 0 aromatic heterocycles. The van der Waals surface area contributed by atoms with Gasteiger partial charge in [-0.2, -0.15) is 0 Å². The number of esters is 1. The second-order valence-corrected chi connectivity index (χ2v) is 5.93. The molecular weight excluding hydrogens is 252 g/mol. The van der Waals surface area contributed by atoms with Crippen LogP contribution in [0.5, 0.6) is 0 Å². The molecule has 0 spiro atoms. The average Bonchev–Trinajstić information content (AvgIpc) is 2.88. The first-order valence-corrected chi connectivity index (χ1v) is 8.14. The third-order valence-electron chi connectivity index (χ3n) is 4.69. The lowest BCUT2D eigenvalue weighted by Crippen LogP contribution is -2.54. The van der Waals surface area contributed by atoms with Crippen molar-refractivity contribution in [1.29, 1.82) is 0 Å². The van der Waals surface area contributed by atoms with E-state index in [1.54, 1.807) is 0 Å². The fourth-order valence-corrected chi connectivity index (χ4v) is 3.66. The molecule has 1 rings (SSSR count). The summed E-state index contributed by atoms with van der Waals surface area (Å²) in [7, 11) is 3.39. The molecule has 20 heavy (non-hydrogen) atoms. The van der Waals surface area contributed by atoms with Crippen molar-refractivity contribution < 1.29 is 9.53 Å². The first-order chi connectivity index (χ1) is 9.64. The van der Waals surface area contributed by atoms with Crippen LogP contribution < -0.4 is 5.32 Å². The molecule has 1 aliphatic carbocycles. The second-order valence-electron chi connectivity index (χ2n) is 5.93. The third kappa shape index (κ3) is 3.95. The standard InChI is InChI=1S/C16H32N2O2/c1-5-11-18(12-6-2)13-9-14-8-7-10-16(14,17-3)15(19)20-4/h14,17H,5-13H2,1-4H3. The Kier molecular flexibility index (Phi) is 7.52. The van der Waals surface area contributed by atoms with Gasteiger partial charge in [0.15, 0.2) is 0 Å². The first-order valence-electron chi connectivity index (χ1n) is 8.14. The molecule has 4 heteroatoms. The van der Waals surface area contributed by atoms with Gasteiger partial charge in [-0.15, -0.1) is 0 Å². The van der Waals surface area contributed by atoms with Crippen LogP contribution in [0.2, 0.25) is 0 Å². The fourth-order valence-electron chi connectivity index (χ4n) is 3.66. The quantitative estimate of drug-likeness (QED) is 0.660. The van der Waals surface area contributed by atoms with Crippen LogP contribution in [0.4, 0.5) is 0 Å². The summed E-state index contributed by atoms with van der Waals surface area (Å²) in [6.07, 6.45) is 6.61. The molecule has 0 heterocycles. The molecule has 1 saturated carbocycles. The van der Waals surface area contributed by atoms with Gasteiger partial charge in [-0.05, 0) is 64.7 Å². The first kappa shape index (κ1) is 17.4. The molecule has 118 valence electrons. The van der Waals surface area contributed by atoms with Gasteiger partial charge < -0.3 is 15.0 Å². The zero-order chi connectivity index (χ0) is 15.0. The summed E-state index contributed by atoms with van der Waals surface area (Å²) in [6, 6.07) is 0. The van der Waals surface area contributed by atoms with Crippen molar-refractivity contribution in [1.82, 2.24) is 10.2 Å². The molecular formula is C16H32N2O2. The number of likely N-dealkylation sites (N-methyl/N-ethyl adjacent to an activating group) is 1. The van der Waals surface area contributed by atoms with Crippen LogP contribution >= 0.6 is 0 Å². The molecule has 4 nitrogen and oxygen atoms in total. The van der Waals surface area contributed by atoms with E-state index in [1.807, 2.05) is 7.05 Å². The largest absolute Gasteiger partial charge is 0.468 e. The van der Waals surface area contributed by atoms with Crippen molar-refractivity contribution in [3.63, 3.8) is 0 Å². The minimum Gasteiger partial charge on any atom is -0.468 e. The lowest BCUT2D eigenvalue weighted by Gasteiger charge is -2.34. The summed E-state index contributed by atoms with van der Waals surface area (Å²) >= 11 is 0. The van der Waals surface area contributed by atoms with Crippen LogP contribution in [0, 0.1) is 5.92 Å². The Labute approximate surface area is 124 Å². The highest BCUT2D eigenvalue weighted by atomic mass is 16.5. The van der Waals surface area contributed by atoms with E-state index in [9.17, 15) is 4.79 Å². The van der Waals surface area contributed by atoms with Gasteiger partial charge in [-0.3, -0.25) is 4.79 Å². The Balaban J connectivity index is 2.62. The van der Waals surface area contributed by atoms with Gasteiger partial charge in [0, 0.05) is 0 Å². The van der Waals surface area contributed by atoms with Crippen LogP contribution in [0.3, 0.4) is 0 Å². The Hall–Kier alpha value is -0.610. The lowest BCUT2D eigenvalue weighted by atomic mass is 9.84. The summed E-state index contributed by atoms with van der Waals surface area (Å²) in [6.45, 7) is 7.86. The number of nitrogens with one attached hydrogen (secondary N) is 1. The molecule has 2 unspecified atom stereocenters. The Bertz CT molecular complexity index is 290. The number of nitrogens with zero attached hydrogens (tertiary/aromatic N) is 1. The Morgan fingerprint density at radius 3 is 2.45 bits per heavy atom. The normalized spacial score (nSPS) is 26.1. The number of carbonyl (C=O) groups excluding carboxylic acids is 1. The SMILES string of the molecule is CCCN(CCC)CCC1CCCC1(NC)C(=O)OC. The molecule has 1 fully saturated rings. The smallest absolute Gasteiger partial charge is 0.326 e. The summed E-state index contributed by atoms with van der Waals surface area (Å²) in [5, 5.41) is 3.27. The maximum absolute atomic E-state index is 12.2. The molecule has 0 bridgehead atoms. The van der Waals surface area contributed by atoms with E-state index in [0.717, 1.165) is 45.3 Å². The van der Waals surface area contributed by atoms with Gasteiger partial charge in [0.2, 0.25) is 0 Å². The number of carbonyl (C=O) groups is 1. The molecule has 1 aliphatic rings. The number of hydrogen-bond acceptors (Lipinski definition) is 4. The van der Waals surface area contributed by atoms with Crippen LogP contribution in [-0.4, -0.2) is 50.2 Å². The monoisotopic (exact) mass is 284 g/mol. The van der Waals surface area contributed by atoms with Crippen molar-refractivity contribution in [2.24, 2.45) is 5.92 Å². The molecule has 2 atom stereocenters. The second kappa shape index (κ2) is 8.63. The summed E-state index contributed by atoms with van der Waals surface area (Å²) in [4.78, 5) is 14.7. The van der Waals surface area contributed by atoms with Gasteiger partial charge in [-0.25, -0.2) is 0 Å². The van der Waals surface area contributed by atoms with Crippen molar-refractivity contribution >= 4 is 5.97 Å². The number of ether oxygens (including phenoxy) is 1. The molecule has 0 aromatic rings. The maximum atomic E-state index is 12.2. The predicted octanol–water partition coefficient (Wildman–Crippen LogP) is 2.43. The molecule has 0 amide bonds. The molecule has 0 aliphatic heterocycles. The van der Waals surface area contributed by atoms with E-state index in [2.05, 4.69) is 24.1 Å². The van der Waals surface area contributed by atoms with Crippen LogP contribution in [0.25, 0.3) is 0 Å². The van der Waals surface area contributed by atoms with Gasteiger partial charge in [0.25, 0.3) is 0 Å². The van der Waals surface area contributed by atoms with E-state index in [1.165, 1.54) is 20.0 Å². The Morgan fingerprint density at radius 2 is 1.95 bits per heavy atom.